The van der Waals surface area contributed by atoms with Crippen LogP contribution in [0.2, 0.25) is 0 Å². The SMILES string of the molecule is O=C(Nc1ccns1)c1ccoc1C1CC1. The van der Waals surface area contributed by atoms with Gasteiger partial charge in [-0.05, 0) is 36.5 Å². The Morgan fingerprint density at radius 2 is 2.38 bits per heavy atom. The van der Waals surface area contributed by atoms with Gasteiger partial charge in [-0.3, -0.25) is 4.79 Å². The highest BCUT2D eigenvalue weighted by atomic mass is 32.1. The van der Waals surface area contributed by atoms with Crippen LogP contribution in [-0.4, -0.2) is 10.3 Å². The molecular weight excluding hydrogens is 224 g/mol. The van der Waals surface area contributed by atoms with Crippen molar-refractivity contribution >= 4 is 22.4 Å². The van der Waals surface area contributed by atoms with Gasteiger partial charge in [0.05, 0.1) is 11.8 Å². The fourth-order valence-corrected chi connectivity index (χ4v) is 2.13. The molecule has 5 heteroatoms. The first-order chi connectivity index (χ1) is 7.84. The minimum Gasteiger partial charge on any atom is -0.468 e. The molecule has 1 aliphatic carbocycles. The van der Waals surface area contributed by atoms with Crippen LogP contribution in [0.15, 0.2) is 29.0 Å². The van der Waals surface area contributed by atoms with Crippen LogP contribution in [0.4, 0.5) is 5.00 Å². The van der Waals surface area contributed by atoms with E-state index < -0.39 is 0 Å². The molecule has 82 valence electrons. The van der Waals surface area contributed by atoms with E-state index in [1.165, 1.54) is 11.5 Å². The van der Waals surface area contributed by atoms with Crippen LogP contribution in [0.5, 0.6) is 0 Å². The number of furan rings is 1. The highest BCUT2D eigenvalue weighted by Gasteiger charge is 2.31. The first-order valence-electron chi connectivity index (χ1n) is 5.14. The lowest BCUT2D eigenvalue weighted by Crippen LogP contribution is -2.11. The first-order valence-corrected chi connectivity index (χ1v) is 5.91. The largest absolute Gasteiger partial charge is 0.468 e. The Labute approximate surface area is 96.4 Å². The van der Waals surface area contributed by atoms with Gasteiger partial charge in [-0.15, -0.1) is 0 Å². The summed E-state index contributed by atoms with van der Waals surface area (Å²) in [6, 6.07) is 3.50. The predicted molar refractivity (Wildman–Crippen MR) is 60.8 cm³/mol. The zero-order chi connectivity index (χ0) is 11.0. The standard InChI is InChI=1S/C11H10N2O2S/c14-11(13-9-3-5-12-16-9)8-4-6-15-10(8)7-1-2-7/h3-7H,1-2H2,(H,13,14). The third-order valence-corrected chi connectivity index (χ3v) is 3.22. The van der Waals surface area contributed by atoms with E-state index in [0.717, 1.165) is 23.6 Å². The normalized spacial score (nSPS) is 15.0. The number of aromatic nitrogens is 1. The van der Waals surface area contributed by atoms with Gasteiger partial charge in [0.15, 0.2) is 0 Å². The van der Waals surface area contributed by atoms with E-state index in [9.17, 15) is 4.79 Å². The molecule has 1 amide bonds. The second-order valence-corrected chi connectivity index (χ2v) is 4.64. The van der Waals surface area contributed by atoms with Gasteiger partial charge < -0.3 is 9.73 Å². The molecular formula is C11H10N2O2S. The summed E-state index contributed by atoms with van der Waals surface area (Å²) in [6.45, 7) is 0. The summed E-state index contributed by atoms with van der Waals surface area (Å²) >= 11 is 1.27. The van der Waals surface area contributed by atoms with E-state index in [-0.39, 0.29) is 5.91 Å². The van der Waals surface area contributed by atoms with Crippen LogP contribution in [0.3, 0.4) is 0 Å². The monoisotopic (exact) mass is 234 g/mol. The van der Waals surface area contributed by atoms with Crippen molar-refractivity contribution in [2.24, 2.45) is 0 Å². The van der Waals surface area contributed by atoms with Crippen molar-refractivity contribution in [1.82, 2.24) is 4.37 Å². The number of hydrogen-bond acceptors (Lipinski definition) is 4. The van der Waals surface area contributed by atoms with Crippen LogP contribution in [0.25, 0.3) is 0 Å². The van der Waals surface area contributed by atoms with Crippen molar-refractivity contribution in [3.8, 4) is 0 Å². The Balaban J connectivity index is 1.80. The van der Waals surface area contributed by atoms with E-state index in [1.807, 2.05) is 0 Å². The molecule has 1 N–H and O–H groups in total. The van der Waals surface area contributed by atoms with Gasteiger partial charge in [-0.1, -0.05) is 0 Å². The summed E-state index contributed by atoms with van der Waals surface area (Å²) in [5.41, 5.74) is 0.649. The van der Waals surface area contributed by atoms with Crippen LogP contribution in [0.1, 0.15) is 34.9 Å². The molecule has 2 heterocycles. The average molecular weight is 234 g/mol. The summed E-state index contributed by atoms with van der Waals surface area (Å²) in [6.07, 6.45) is 5.48. The Morgan fingerprint density at radius 3 is 3.06 bits per heavy atom. The molecule has 0 bridgehead atoms. The molecule has 0 radical (unpaired) electrons. The summed E-state index contributed by atoms with van der Waals surface area (Å²) in [4.78, 5) is 11.9. The van der Waals surface area contributed by atoms with Crippen LogP contribution < -0.4 is 5.32 Å². The van der Waals surface area contributed by atoms with Crippen LogP contribution in [0, 0.1) is 0 Å². The molecule has 1 saturated carbocycles. The van der Waals surface area contributed by atoms with Crippen LogP contribution in [-0.2, 0) is 0 Å². The third kappa shape index (κ3) is 1.74. The van der Waals surface area contributed by atoms with Gasteiger partial charge in [0.2, 0.25) is 0 Å². The van der Waals surface area contributed by atoms with Gasteiger partial charge in [0.1, 0.15) is 10.8 Å². The van der Waals surface area contributed by atoms with E-state index in [1.54, 1.807) is 24.6 Å². The summed E-state index contributed by atoms with van der Waals surface area (Å²) in [7, 11) is 0. The minimum absolute atomic E-state index is 0.111. The van der Waals surface area contributed by atoms with Gasteiger partial charge >= 0.3 is 0 Å². The molecule has 1 fully saturated rings. The van der Waals surface area contributed by atoms with Crippen molar-refractivity contribution in [2.75, 3.05) is 5.32 Å². The smallest absolute Gasteiger partial charge is 0.259 e. The molecule has 0 unspecified atom stereocenters. The highest BCUT2D eigenvalue weighted by Crippen LogP contribution is 2.42. The maximum Gasteiger partial charge on any atom is 0.259 e. The number of nitrogens with one attached hydrogen (secondary N) is 1. The van der Waals surface area contributed by atoms with E-state index in [0.29, 0.717) is 11.5 Å². The van der Waals surface area contributed by atoms with E-state index in [4.69, 9.17) is 4.42 Å². The fraction of sp³-hybridized carbons (Fsp3) is 0.273. The van der Waals surface area contributed by atoms with Crippen molar-refractivity contribution in [2.45, 2.75) is 18.8 Å². The Morgan fingerprint density at radius 1 is 1.50 bits per heavy atom. The summed E-state index contributed by atoms with van der Waals surface area (Å²) < 4.78 is 9.29. The molecule has 0 aliphatic heterocycles. The van der Waals surface area contributed by atoms with E-state index >= 15 is 0 Å². The molecule has 2 aromatic rings. The molecule has 0 spiro atoms. The van der Waals surface area contributed by atoms with Crippen molar-refractivity contribution in [1.29, 1.82) is 0 Å². The summed E-state index contributed by atoms with van der Waals surface area (Å²) in [5, 5.41) is 3.56. The van der Waals surface area contributed by atoms with Crippen molar-refractivity contribution < 1.29 is 9.21 Å². The number of carbonyl (C=O) groups excluding carboxylic acids is 1. The molecule has 4 nitrogen and oxygen atoms in total. The van der Waals surface area contributed by atoms with Gasteiger partial charge in [-0.25, -0.2) is 0 Å². The topological polar surface area (TPSA) is 55.1 Å². The zero-order valence-electron chi connectivity index (χ0n) is 8.47. The Hall–Kier alpha value is -1.62. The Bertz CT molecular complexity index is 500. The highest BCUT2D eigenvalue weighted by molar-refractivity contribution is 7.10. The van der Waals surface area contributed by atoms with E-state index in [2.05, 4.69) is 9.69 Å². The lowest BCUT2D eigenvalue weighted by molar-refractivity contribution is 0.102. The number of rotatable bonds is 3. The number of anilines is 1. The quantitative estimate of drug-likeness (QED) is 0.888. The lowest BCUT2D eigenvalue weighted by Gasteiger charge is -2.01. The summed E-state index contributed by atoms with van der Waals surface area (Å²) in [5.74, 6) is 1.15. The molecule has 2 aromatic heterocycles. The zero-order valence-corrected chi connectivity index (χ0v) is 9.29. The first kappa shape index (κ1) is 9.59. The molecule has 1 aliphatic rings. The maximum absolute atomic E-state index is 11.9. The number of nitrogens with zero attached hydrogens (tertiary/aromatic N) is 1. The Kier molecular flexibility index (Phi) is 2.25. The van der Waals surface area contributed by atoms with Gasteiger partial charge in [0, 0.05) is 12.1 Å². The number of amides is 1. The fourth-order valence-electron chi connectivity index (χ4n) is 1.63. The van der Waals surface area contributed by atoms with Crippen molar-refractivity contribution in [3.63, 3.8) is 0 Å². The average Bonchev–Trinajstić information content (AvgIpc) is 2.82. The van der Waals surface area contributed by atoms with Gasteiger partial charge in [-0.2, -0.15) is 4.37 Å². The molecule has 0 atom stereocenters. The number of carbonyl (C=O) groups is 1. The third-order valence-electron chi connectivity index (χ3n) is 2.56. The molecule has 16 heavy (non-hydrogen) atoms. The van der Waals surface area contributed by atoms with Crippen LogP contribution >= 0.6 is 11.5 Å². The predicted octanol–water partition coefficient (Wildman–Crippen LogP) is 2.87. The van der Waals surface area contributed by atoms with Gasteiger partial charge in [0.25, 0.3) is 5.91 Å². The lowest BCUT2D eigenvalue weighted by atomic mass is 10.2. The molecule has 0 aromatic carbocycles. The minimum atomic E-state index is -0.111. The van der Waals surface area contributed by atoms with Crippen molar-refractivity contribution in [3.05, 3.63) is 35.9 Å². The second kappa shape index (κ2) is 3.75. The molecule has 0 saturated heterocycles. The second-order valence-electron chi connectivity index (χ2n) is 3.80. The molecule has 3 rings (SSSR count). The number of hydrogen-bond donors (Lipinski definition) is 1. The maximum atomic E-state index is 11.9.